The molecule has 20 heavy (non-hydrogen) atoms. The lowest BCUT2D eigenvalue weighted by Crippen LogP contribution is -2.23. The number of nitrogens with two attached hydrogens (primary N) is 1. The lowest BCUT2D eigenvalue weighted by molar-refractivity contribution is 0.0951. The summed E-state index contributed by atoms with van der Waals surface area (Å²) in [4.78, 5) is 12.0. The largest absolute Gasteiger partial charge is 0.399 e. The first-order valence-electron chi connectivity index (χ1n) is 5.74. The van der Waals surface area contributed by atoms with E-state index in [1.165, 1.54) is 18.2 Å². The Kier molecular flexibility index (Phi) is 4.62. The van der Waals surface area contributed by atoms with Crippen LogP contribution in [0.25, 0.3) is 0 Å². The van der Waals surface area contributed by atoms with Gasteiger partial charge in [0.15, 0.2) is 0 Å². The number of benzene rings is 2. The number of halogens is 3. The molecule has 0 aliphatic rings. The number of anilines is 1. The summed E-state index contributed by atoms with van der Waals surface area (Å²) in [5.74, 6) is -0.700. The van der Waals surface area contributed by atoms with Gasteiger partial charge in [0.1, 0.15) is 5.82 Å². The molecule has 6 heteroatoms. The fourth-order valence-corrected chi connectivity index (χ4v) is 2.33. The molecule has 0 aromatic heterocycles. The minimum Gasteiger partial charge on any atom is -0.399 e. The maximum atomic E-state index is 13.1. The van der Waals surface area contributed by atoms with Gasteiger partial charge in [-0.2, -0.15) is 0 Å². The number of rotatable bonds is 3. The van der Waals surface area contributed by atoms with Gasteiger partial charge in [-0.25, -0.2) is 4.39 Å². The molecule has 0 unspecified atom stereocenters. The molecule has 0 heterocycles. The number of hydrogen-bond donors (Lipinski definition) is 2. The van der Waals surface area contributed by atoms with Crippen LogP contribution in [0.1, 0.15) is 15.9 Å². The Morgan fingerprint density at radius 1 is 1.30 bits per heavy atom. The van der Waals surface area contributed by atoms with Crippen LogP contribution in [0.2, 0.25) is 5.02 Å². The third-order valence-corrected chi connectivity index (χ3v) is 3.77. The summed E-state index contributed by atoms with van der Waals surface area (Å²) in [5.41, 5.74) is 7.02. The van der Waals surface area contributed by atoms with E-state index in [0.29, 0.717) is 16.8 Å². The van der Waals surface area contributed by atoms with Crippen LogP contribution in [-0.2, 0) is 6.54 Å². The van der Waals surface area contributed by atoms with Gasteiger partial charge in [0.25, 0.3) is 5.91 Å². The van der Waals surface area contributed by atoms with E-state index in [-0.39, 0.29) is 23.3 Å². The molecule has 0 fully saturated rings. The fraction of sp³-hybridized carbons (Fsp3) is 0.0714. The second kappa shape index (κ2) is 6.24. The van der Waals surface area contributed by atoms with Crippen molar-refractivity contribution in [3.63, 3.8) is 0 Å². The topological polar surface area (TPSA) is 55.1 Å². The Morgan fingerprint density at radius 3 is 2.75 bits per heavy atom. The minimum absolute atomic E-state index is 0.192. The van der Waals surface area contributed by atoms with Gasteiger partial charge in [-0.15, -0.1) is 0 Å². The fourth-order valence-electron chi connectivity index (χ4n) is 1.67. The average Bonchev–Trinajstić information content (AvgIpc) is 2.39. The first kappa shape index (κ1) is 14.8. The number of amides is 1. The molecule has 0 saturated carbocycles. The SMILES string of the molecule is Nc1ccc(C(=O)NCc2cc(F)ccc2Br)c(Cl)c1. The van der Waals surface area contributed by atoms with Crippen molar-refractivity contribution in [1.82, 2.24) is 5.32 Å². The maximum absolute atomic E-state index is 13.1. The highest BCUT2D eigenvalue weighted by atomic mass is 79.9. The molecule has 0 aliphatic heterocycles. The summed E-state index contributed by atoms with van der Waals surface area (Å²) in [6.07, 6.45) is 0. The highest BCUT2D eigenvalue weighted by Gasteiger charge is 2.11. The molecule has 0 spiro atoms. The molecule has 0 bridgehead atoms. The van der Waals surface area contributed by atoms with E-state index in [4.69, 9.17) is 17.3 Å². The lowest BCUT2D eigenvalue weighted by Gasteiger charge is -2.09. The zero-order valence-electron chi connectivity index (χ0n) is 10.3. The molecule has 3 nitrogen and oxygen atoms in total. The molecule has 2 rings (SSSR count). The molecule has 104 valence electrons. The van der Waals surface area contributed by atoms with Gasteiger partial charge in [-0.1, -0.05) is 27.5 Å². The van der Waals surface area contributed by atoms with E-state index in [2.05, 4.69) is 21.2 Å². The van der Waals surface area contributed by atoms with Crippen molar-refractivity contribution in [2.24, 2.45) is 0 Å². The highest BCUT2D eigenvalue weighted by Crippen LogP contribution is 2.20. The average molecular weight is 358 g/mol. The molecular formula is C14H11BrClFN2O. The maximum Gasteiger partial charge on any atom is 0.253 e. The number of nitrogens with one attached hydrogen (secondary N) is 1. The summed E-state index contributed by atoms with van der Waals surface area (Å²) in [6, 6.07) is 8.94. The smallest absolute Gasteiger partial charge is 0.253 e. The van der Waals surface area contributed by atoms with Crippen LogP contribution >= 0.6 is 27.5 Å². The molecule has 2 aromatic rings. The summed E-state index contributed by atoms with van der Waals surface area (Å²) < 4.78 is 13.9. The van der Waals surface area contributed by atoms with E-state index < -0.39 is 0 Å². The van der Waals surface area contributed by atoms with Crippen LogP contribution in [0.3, 0.4) is 0 Å². The number of nitrogen functional groups attached to an aromatic ring is 1. The Balaban J connectivity index is 2.10. The van der Waals surface area contributed by atoms with Crippen LogP contribution in [-0.4, -0.2) is 5.91 Å². The predicted molar refractivity (Wildman–Crippen MR) is 81.1 cm³/mol. The first-order chi connectivity index (χ1) is 9.47. The zero-order valence-corrected chi connectivity index (χ0v) is 12.6. The summed E-state index contributed by atoms with van der Waals surface area (Å²) in [5, 5.41) is 2.96. The predicted octanol–water partition coefficient (Wildman–Crippen LogP) is 3.75. The molecule has 0 aliphatic carbocycles. The van der Waals surface area contributed by atoms with Gasteiger partial charge >= 0.3 is 0 Å². The number of hydrogen-bond acceptors (Lipinski definition) is 2. The molecule has 0 atom stereocenters. The van der Waals surface area contributed by atoms with E-state index >= 15 is 0 Å². The van der Waals surface area contributed by atoms with Crippen molar-refractivity contribution in [2.75, 3.05) is 5.73 Å². The van der Waals surface area contributed by atoms with Gasteiger partial charge in [-0.3, -0.25) is 4.79 Å². The number of carbonyl (C=O) groups is 1. The van der Waals surface area contributed by atoms with Gasteiger partial charge in [-0.05, 0) is 42.0 Å². The molecule has 3 N–H and O–H groups in total. The Hall–Kier alpha value is -1.59. The standard InChI is InChI=1S/C14H11BrClFN2O/c15-12-4-1-9(17)5-8(12)7-19-14(20)11-3-2-10(18)6-13(11)16/h1-6H,7,18H2,(H,19,20). The zero-order chi connectivity index (χ0) is 14.7. The van der Waals surface area contributed by atoms with Crippen molar-refractivity contribution in [1.29, 1.82) is 0 Å². The lowest BCUT2D eigenvalue weighted by atomic mass is 10.1. The van der Waals surface area contributed by atoms with Crippen LogP contribution in [0.5, 0.6) is 0 Å². The third kappa shape index (κ3) is 3.49. The van der Waals surface area contributed by atoms with Crippen molar-refractivity contribution >= 4 is 39.1 Å². The summed E-state index contributed by atoms with van der Waals surface area (Å²) in [7, 11) is 0. The van der Waals surface area contributed by atoms with Gasteiger partial charge < -0.3 is 11.1 Å². The molecule has 0 saturated heterocycles. The molecule has 1 amide bonds. The highest BCUT2D eigenvalue weighted by molar-refractivity contribution is 9.10. The van der Waals surface area contributed by atoms with E-state index in [9.17, 15) is 9.18 Å². The molecule has 2 aromatic carbocycles. The summed E-state index contributed by atoms with van der Waals surface area (Å²) >= 11 is 9.25. The van der Waals surface area contributed by atoms with Gasteiger partial charge in [0.05, 0.1) is 10.6 Å². The van der Waals surface area contributed by atoms with Gasteiger partial charge in [0.2, 0.25) is 0 Å². The number of carbonyl (C=O) groups excluding carboxylic acids is 1. The second-order valence-corrected chi connectivity index (χ2v) is 5.42. The third-order valence-electron chi connectivity index (χ3n) is 2.68. The molecule has 0 radical (unpaired) electrons. The Morgan fingerprint density at radius 2 is 2.05 bits per heavy atom. The van der Waals surface area contributed by atoms with Crippen LogP contribution in [0.4, 0.5) is 10.1 Å². The normalized spacial score (nSPS) is 10.3. The van der Waals surface area contributed by atoms with Crippen molar-refractivity contribution in [3.05, 3.63) is 62.8 Å². The van der Waals surface area contributed by atoms with Crippen LogP contribution in [0, 0.1) is 5.82 Å². The quantitative estimate of drug-likeness (QED) is 0.822. The van der Waals surface area contributed by atoms with Gasteiger partial charge in [0, 0.05) is 16.7 Å². The Labute approximate surface area is 129 Å². The van der Waals surface area contributed by atoms with E-state index in [1.54, 1.807) is 18.2 Å². The van der Waals surface area contributed by atoms with E-state index in [1.807, 2.05) is 0 Å². The van der Waals surface area contributed by atoms with Crippen molar-refractivity contribution < 1.29 is 9.18 Å². The molecular weight excluding hydrogens is 347 g/mol. The summed E-state index contributed by atoms with van der Waals surface area (Å²) in [6.45, 7) is 0.192. The monoisotopic (exact) mass is 356 g/mol. The van der Waals surface area contributed by atoms with Crippen molar-refractivity contribution in [3.8, 4) is 0 Å². The van der Waals surface area contributed by atoms with Crippen LogP contribution < -0.4 is 11.1 Å². The van der Waals surface area contributed by atoms with Crippen molar-refractivity contribution in [2.45, 2.75) is 6.54 Å². The Bertz CT molecular complexity index is 664. The van der Waals surface area contributed by atoms with E-state index in [0.717, 1.165) is 4.47 Å². The van der Waals surface area contributed by atoms with Crippen LogP contribution in [0.15, 0.2) is 40.9 Å². The minimum atomic E-state index is -0.358. The first-order valence-corrected chi connectivity index (χ1v) is 6.91. The second-order valence-electron chi connectivity index (χ2n) is 4.16.